The van der Waals surface area contributed by atoms with Crippen molar-refractivity contribution in [3.8, 4) is 0 Å². The zero-order valence-electron chi connectivity index (χ0n) is 12.8. The number of hydrogen-bond acceptors (Lipinski definition) is 3. The molecule has 0 bridgehead atoms. The summed E-state index contributed by atoms with van der Waals surface area (Å²) in [5.41, 5.74) is 0. The van der Waals surface area contributed by atoms with Crippen LogP contribution in [0.4, 0.5) is 35.1 Å². The van der Waals surface area contributed by atoms with Crippen LogP contribution in [0.3, 0.4) is 0 Å². The van der Waals surface area contributed by atoms with Crippen molar-refractivity contribution in [2.24, 2.45) is 0 Å². The van der Waals surface area contributed by atoms with Crippen LogP contribution in [0.2, 0.25) is 0 Å². The molecule has 13 heteroatoms. The van der Waals surface area contributed by atoms with Crippen LogP contribution in [0.25, 0.3) is 0 Å². The van der Waals surface area contributed by atoms with E-state index in [9.17, 15) is 48.1 Å². The summed E-state index contributed by atoms with van der Waals surface area (Å²) in [6.07, 6.45) is -12.2. The molecule has 0 radical (unpaired) electrons. The van der Waals surface area contributed by atoms with Crippen LogP contribution in [-0.4, -0.2) is 50.6 Å². The van der Waals surface area contributed by atoms with E-state index in [1.54, 1.807) is 0 Å². The van der Waals surface area contributed by atoms with E-state index in [2.05, 4.69) is 0 Å². The fourth-order valence-electron chi connectivity index (χ4n) is 1.36. The van der Waals surface area contributed by atoms with E-state index in [0.717, 1.165) is 0 Å². The fraction of sp³-hybridized carbons (Fsp3) is 1.00. The van der Waals surface area contributed by atoms with E-state index in [-0.39, 0.29) is 6.42 Å². The average Bonchev–Trinajstić information content (AvgIpc) is 2.36. The van der Waals surface area contributed by atoms with Crippen molar-refractivity contribution in [2.45, 2.75) is 55.6 Å². The van der Waals surface area contributed by atoms with E-state index >= 15 is 0 Å². The Hall–Kier alpha value is -0.690. The molecule has 0 saturated heterocycles. The Bertz CT molecular complexity index is 453. The lowest BCUT2D eigenvalue weighted by molar-refractivity contribution is -0.597. The molecule has 1 unspecified atom stereocenters. The second kappa shape index (κ2) is 9.70. The van der Waals surface area contributed by atoms with Crippen molar-refractivity contribution < 1.29 is 53.4 Å². The Morgan fingerprint density at radius 1 is 0.958 bits per heavy atom. The average molecular weight is 397 g/mol. The largest absolute Gasteiger partial charge is 0.743 e. The monoisotopic (exact) mass is 397 g/mol. The van der Waals surface area contributed by atoms with Crippen LogP contribution in [0.15, 0.2) is 0 Å². The maximum absolute atomic E-state index is 13.0. The minimum absolute atomic E-state index is 0.369. The highest BCUT2D eigenvalue weighted by Gasteiger charge is 2.66. The minimum atomic E-state index is -6.78. The predicted octanol–water partition coefficient (Wildman–Crippen LogP) is 2.42. The number of unbranched alkanes of at least 4 members (excludes halogenated alkanes) is 2. The SMILES string of the molecule is C[NH2+]C.O=S(=O)([O-])C(F)(F)C(F)(F)C(F)CCCCCC(F)(F)F. The maximum atomic E-state index is 13.0. The molecule has 4 nitrogen and oxygen atoms in total. The Kier molecular flexibility index (Phi) is 10.3. The molecule has 1 atom stereocenters. The molecule has 0 amide bonds. The molecule has 0 saturated carbocycles. The van der Waals surface area contributed by atoms with Crippen LogP contribution in [0.5, 0.6) is 0 Å². The van der Waals surface area contributed by atoms with Gasteiger partial charge in [0.2, 0.25) is 0 Å². The lowest BCUT2D eigenvalue weighted by Crippen LogP contribution is -2.74. The Morgan fingerprint density at radius 3 is 1.71 bits per heavy atom. The smallest absolute Gasteiger partial charge is 0.399 e. The van der Waals surface area contributed by atoms with Crippen molar-refractivity contribution in [1.82, 2.24) is 0 Å². The summed E-state index contributed by atoms with van der Waals surface area (Å²) >= 11 is 0. The molecule has 24 heavy (non-hydrogen) atoms. The molecule has 0 fully saturated rings. The van der Waals surface area contributed by atoms with Crippen molar-refractivity contribution in [3.63, 3.8) is 0 Å². The number of alkyl halides is 8. The molecule has 148 valence electrons. The van der Waals surface area contributed by atoms with Crippen LogP contribution in [0.1, 0.15) is 32.1 Å². The molecule has 0 aliphatic rings. The zero-order valence-corrected chi connectivity index (χ0v) is 13.7. The third-order valence-electron chi connectivity index (χ3n) is 2.51. The molecule has 0 aromatic rings. The number of halogens is 8. The zero-order chi connectivity index (χ0) is 19.8. The number of nitrogens with two attached hydrogens (primary N) is 1. The standard InChI is InChI=1S/C9H12F8O3S.C2H7N/c10-6(4-2-1-3-5-7(11,12)13)8(14,15)9(16,17)21(18,19)20;1-3-2/h6H,1-5H2,(H,18,19,20);3H,1-2H3. The van der Waals surface area contributed by atoms with Gasteiger partial charge in [0.25, 0.3) is 0 Å². The van der Waals surface area contributed by atoms with Gasteiger partial charge >= 0.3 is 17.4 Å². The molecular formula is C11H19F8NO3S. The summed E-state index contributed by atoms with van der Waals surface area (Å²) < 4.78 is 129. The van der Waals surface area contributed by atoms with Gasteiger partial charge in [-0.3, -0.25) is 0 Å². The molecule has 2 N–H and O–H groups in total. The highest BCUT2D eigenvalue weighted by molar-refractivity contribution is 7.86. The van der Waals surface area contributed by atoms with E-state index in [4.69, 9.17) is 0 Å². The molecule has 0 aliphatic carbocycles. The highest BCUT2D eigenvalue weighted by atomic mass is 32.2. The van der Waals surface area contributed by atoms with Crippen molar-refractivity contribution in [3.05, 3.63) is 0 Å². The lowest BCUT2D eigenvalue weighted by atomic mass is 10.1. The van der Waals surface area contributed by atoms with Gasteiger partial charge < -0.3 is 9.87 Å². The number of hydrogen-bond donors (Lipinski definition) is 1. The van der Waals surface area contributed by atoms with E-state index in [1.165, 1.54) is 0 Å². The Morgan fingerprint density at radius 2 is 1.38 bits per heavy atom. The van der Waals surface area contributed by atoms with Crippen molar-refractivity contribution in [2.75, 3.05) is 14.1 Å². The van der Waals surface area contributed by atoms with Gasteiger partial charge in [0.15, 0.2) is 16.3 Å². The van der Waals surface area contributed by atoms with Gasteiger partial charge in [-0.1, -0.05) is 12.8 Å². The first-order chi connectivity index (χ1) is 10.5. The Balaban J connectivity index is 0. The second-order valence-electron chi connectivity index (χ2n) is 4.85. The molecule has 0 aliphatic heterocycles. The highest BCUT2D eigenvalue weighted by Crippen LogP contribution is 2.43. The summed E-state index contributed by atoms with van der Waals surface area (Å²) in [6.45, 7) is 0. The van der Waals surface area contributed by atoms with Gasteiger partial charge in [0, 0.05) is 6.42 Å². The molecule has 0 spiro atoms. The van der Waals surface area contributed by atoms with Crippen LogP contribution >= 0.6 is 0 Å². The molecular weight excluding hydrogens is 378 g/mol. The van der Waals surface area contributed by atoms with Crippen LogP contribution in [0, 0.1) is 0 Å². The first-order valence-corrected chi connectivity index (χ1v) is 8.11. The summed E-state index contributed by atoms with van der Waals surface area (Å²) in [5.74, 6) is -5.75. The van der Waals surface area contributed by atoms with E-state index < -0.39 is 59.3 Å². The quantitative estimate of drug-likeness (QED) is 0.388. The summed E-state index contributed by atoms with van der Waals surface area (Å²) in [5, 5.41) is -4.13. The summed E-state index contributed by atoms with van der Waals surface area (Å²) in [4.78, 5) is 0. The predicted molar refractivity (Wildman–Crippen MR) is 67.4 cm³/mol. The van der Waals surface area contributed by atoms with Gasteiger partial charge in [-0.25, -0.2) is 12.8 Å². The topological polar surface area (TPSA) is 73.8 Å². The first-order valence-electron chi connectivity index (χ1n) is 6.70. The van der Waals surface area contributed by atoms with Gasteiger partial charge in [0.1, 0.15) is 0 Å². The number of rotatable bonds is 8. The molecule has 0 aromatic carbocycles. The van der Waals surface area contributed by atoms with Crippen molar-refractivity contribution >= 4 is 10.1 Å². The van der Waals surface area contributed by atoms with Crippen molar-refractivity contribution in [1.29, 1.82) is 0 Å². The van der Waals surface area contributed by atoms with E-state index in [0.29, 0.717) is 0 Å². The first kappa shape index (κ1) is 25.5. The fourth-order valence-corrected chi connectivity index (χ4v) is 1.82. The lowest BCUT2D eigenvalue weighted by Gasteiger charge is -2.30. The third kappa shape index (κ3) is 8.42. The van der Waals surface area contributed by atoms with E-state index in [1.807, 2.05) is 19.4 Å². The van der Waals surface area contributed by atoms with Crippen LogP contribution in [-0.2, 0) is 10.1 Å². The number of quaternary nitrogens is 1. The van der Waals surface area contributed by atoms with Gasteiger partial charge in [-0.2, -0.15) is 30.7 Å². The Labute approximate surface area is 134 Å². The summed E-state index contributed by atoms with van der Waals surface area (Å²) in [7, 11) is -2.78. The maximum Gasteiger partial charge on any atom is 0.399 e. The molecule has 0 rings (SSSR count). The van der Waals surface area contributed by atoms with Gasteiger partial charge in [0.05, 0.1) is 14.1 Å². The third-order valence-corrected chi connectivity index (χ3v) is 3.41. The van der Waals surface area contributed by atoms with Gasteiger partial charge in [-0.05, 0) is 12.8 Å². The normalized spacial score (nSPS) is 14.8. The molecule has 0 aromatic heterocycles. The second-order valence-corrected chi connectivity index (χ2v) is 6.27. The van der Waals surface area contributed by atoms with Gasteiger partial charge in [-0.15, -0.1) is 0 Å². The minimum Gasteiger partial charge on any atom is -0.743 e. The summed E-state index contributed by atoms with van der Waals surface area (Å²) in [6, 6.07) is 0. The molecule has 0 heterocycles. The van der Waals surface area contributed by atoms with Crippen LogP contribution < -0.4 is 5.32 Å².